The van der Waals surface area contributed by atoms with E-state index in [-0.39, 0.29) is 23.7 Å². The van der Waals surface area contributed by atoms with Crippen molar-refractivity contribution in [1.82, 2.24) is 4.90 Å². The average Bonchev–Trinajstić information content (AvgIpc) is 2.84. The number of esters is 1. The molecule has 1 aliphatic rings. The van der Waals surface area contributed by atoms with Crippen LogP contribution < -0.4 is 4.74 Å². The summed E-state index contributed by atoms with van der Waals surface area (Å²) in [6.07, 6.45) is 2.30. The topological polar surface area (TPSA) is 72.9 Å². The van der Waals surface area contributed by atoms with Gasteiger partial charge in [-0.3, -0.25) is 19.3 Å². The lowest BCUT2D eigenvalue weighted by Gasteiger charge is -2.14. The molecule has 0 spiro atoms. The van der Waals surface area contributed by atoms with Gasteiger partial charge in [0.05, 0.1) is 21.6 Å². The lowest BCUT2D eigenvalue weighted by atomic mass is 10.2. The molecule has 8 heteroatoms. The number of benzene rings is 1. The van der Waals surface area contributed by atoms with Gasteiger partial charge in [0.15, 0.2) is 0 Å². The number of halogens is 1. The smallest absolute Gasteiger partial charge is 0.326 e. The fourth-order valence-corrected chi connectivity index (χ4v) is 3.55. The number of amides is 2. The quantitative estimate of drug-likeness (QED) is 0.441. The number of ether oxygens (including phenoxy) is 2. The highest BCUT2D eigenvalue weighted by Crippen LogP contribution is 2.34. The molecule has 6 nitrogen and oxygen atoms in total. The van der Waals surface area contributed by atoms with E-state index in [1.807, 2.05) is 32.0 Å². The van der Waals surface area contributed by atoms with Crippen molar-refractivity contribution < 1.29 is 23.9 Å². The molecule has 27 heavy (non-hydrogen) atoms. The Labute approximate surface area is 171 Å². The number of nitrogens with zero attached hydrogens (tertiary/aromatic N) is 1. The molecule has 1 aromatic rings. The summed E-state index contributed by atoms with van der Waals surface area (Å²) in [6.45, 7) is 7.06. The van der Waals surface area contributed by atoms with Crippen LogP contribution in [0.1, 0.15) is 39.7 Å². The van der Waals surface area contributed by atoms with Gasteiger partial charge in [0.1, 0.15) is 12.3 Å². The summed E-state index contributed by atoms with van der Waals surface area (Å²) in [4.78, 5) is 37.4. The third kappa shape index (κ3) is 5.84. The minimum Gasteiger partial charge on any atom is -0.490 e. The van der Waals surface area contributed by atoms with Gasteiger partial charge in [-0.2, -0.15) is 0 Å². The van der Waals surface area contributed by atoms with Crippen molar-refractivity contribution in [2.75, 3.05) is 6.54 Å². The van der Waals surface area contributed by atoms with Crippen LogP contribution in [0.2, 0.25) is 0 Å². The number of hydrogen-bond donors (Lipinski definition) is 0. The van der Waals surface area contributed by atoms with Crippen molar-refractivity contribution in [2.24, 2.45) is 0 Å². The molecule has 0 aliphatic carbocycles. The molecule has 0 radical (unpaired) electrons. The number of hydrogen-bond acceptors (Lipinski definition) is 6. The molecule has 0 bridgehead atoms. The number of carbonyl (C=O) groups excluding carboxylic acids is 3. The number of thioether (sulfide) groups is 1. The summed E-state index contributed by atoms with van der Waals surface area (Å²) in [5.41, 5.74) is 0.744. The number of imide groups is 1. The lowest BCUT2D eigenvalue weighted by Crippen LogP contribution is -2.35. The Bertz CT molecular complexity index is 777. The average molecular weight is 456 g/mol. The standard InChI is InChI=1S/C19H22BrNO5S/c1-5-12(4)26-15-7-6-13(8-14(15)20)9-16-18(23)21(19(24)27-16)10-17(22)25-11(2)3/h6-9,11-12H,5,10H2,1-4H3/b16-9+/t12-/m1/s1. The normalized spacial score (nSPS) is 17.0. The maximum absolute atomic E-state index is 12.4. The number of carbonyl (C=O) groups is 3. The second-order valence-electron chi connectivity index (χ2n) is 6.33. The van der Waals surface area contributed by atoms with Gasteiger partial charge in [0, 0.05) is 0 Å². The summed E-state index contributed by atoms with van der Waals surface area (Å²) in [7, 11) is 0. The van der Waals surface area contributed by atoms with E-state index in [0.717, 1.165) is 33.1 Å². The van der Waals surface area contributed by atoms with Gasteiger partial charge in [0.25, 0.3) is 11.1 Å². The molecule has 1 saturated heterocycles. The van der Waals surface area contributed by atoms with Crippen molar-refractivity contribution in [2.45, 2.75) is 46.3 Å². The van der Waals surface area contributed by atoms with Crippen LogP contribution in [0.4, 0.5) is 4.79 Å². The second kappa shape index (κ2) is 9.41. The molecule has 1 aromatic carbocycles. The third-order valence-electron chi connectivity index (χ3n) is 3.68. The molecule has 1 aliphatic heterocycles. The van der Waals surface area contributed by atoms with Gasteiger partial charge < -0.3 is 9.47 Å². The highest BCUT2D eigenvalue weighted by molar-refractivity contribution is 9.10. The van der Waals surface area contributed by atoms with Crippen LogP contribution in [-0.4, -0.2) is 40.8 Å². The van der Waals surface area contributed by atoms with E-state index < -0.39 is 17.1 Å². The van der Waals surface area contributed by atoms with E-state index in [9.17, 15) is 14.4 Å². The van der Waals surface area contributed by atoms with Crippen molar-refractivity contribution in [3.05, 3.63) is 33.1 Å². The summed E-state index contributed by atoms with van der Waals surface area (Å²) in [5, 5.41) is -0.484. The molecular formula is C19H22BrNO5S. The Kier molecular flexibility index (Phi) is 7.49. The molecule has 1 atom stereocenters. The second-order valence-corrected chi connectivity index (χ2v) is 8.18. The Morgan fingerprint density at radius 1 is 1.30 bits per heavy atom. The lowest BCUT2D eigenvalue weighted by molar-refractivity contribution is -0.149. The molecule has 0 aromatic heterocycles. The van der Waals surface area contributed by atoms with Gasteiger partial charge in [0.2, 0.25) is 0 Å². The van der Waals surface area contributed by atoms with Gasteiger partial charge in [-0.1, -0.05) is 13.0 Å². The van der Waals surface area contributed by atoms with E-state index in [4.69, 9.17) is 9.47 Å². The van der Waals surface area contributed by atoms with Crippen molar-refractivity contribution >= 4 is 50.9 Å². The van der Waals surface area contributed by atoms with E-state index in [2.05, 4.69) is 15.9 Å². The zero-order valence-electron chi connectivity index (χ0n) is 15.7. The highest BCUT2D eigenvalue weighted by Gasteiger charge is 2.36. The summed E-state index contributed by atoms with van der Waals surface area (Å²) < 4.78 is 11.6. The maximum atomic E-state index is 12.4. The predicted molar refractivity (Wildman–Crippen MR) is 108 cm³/mol. The van der Waals surface area contributed by atoms with E-state index >= 15 is 0 Å². The maximum Gasteiger partial charge on any atom is 0.326 e. The van der Waals surface area contributed by atoms with Gasteiger partial charge in [-0.15, -0.1) is 0 Å². The predicted octanol–water partition coefficient (Wildman–Crippen LogP) is 4.61. The van der Waals surface area contributed by atoms with Crippen LogP contribution >= 0.6 is 27.7 Å². The third-order valence-corrected chi connectivity index (χ3v) is 5.21. The van der Waals surface area contributed by atoms with Crippen LogP contribution in [0.15, 0.2) is 27.6 Å². The summed E-state index contributed by atoms with van der Waals surface area (Å²) >= 11 is 4.27. The van der Waals surface area contributed by atoms with E-state index in [1.54, 1.807) is 19.9 Å². The largest absolute Gasteiger partial charge is 0.490 e. The van der Waals surface area contributed by atoms with Crippen LogP contribution in [0, 0.1) is 0 Å². The van der Waals surface area contributed by atoms with Crippen molar-refractivity contribution in [1.29, 1.82) is 0 Å². The van der Waals surface area contributed by atoms with E-state index in [0.29, 0.717) is 5.75 Å². The Morgan fingerprint density at radius 2 is 2.00 bits per heavy atom. The molecule has 0 saturated carbocycles. The van der Waals surface area contributed by atoms with Crippen LogP contribution in [-0.2, 0) is 14.3 Å². The van der Waals surface area contributed by atoms with Crippen LogP contribution in [0.5, 0.6) is 5.75 Å². The Balaban J connectivity index is 2.13. The Hall–Kier alpha value is -1.80. The SMILES string of the molecule is CC[C@@H](C)Oc1ccc(/C=C2/SC(=O)N(CC(=O)OC(C)C)C2=O)cc1Br. The minimum atomic E-state index is -0.608. The van der Waals surface area contributed by atoms with Gasteiger partial charge in [-0.05, 0) is 78.7 Å². The molecule has 2 rings (SSSR count). The molecule has 1 heterocycles. The molecule has 0 unspecified atom stereocenters. The molecule has 0 N–H and O–H groups in total. The minimum absolute atomic E-state index is 0.0919. The van der Waals surface area contributed by atoms with E-state index in [1.165, 1.54) is 0 Å². The van der Waals surface area contributed by atoms with Gasteiger partial charge in [-0.25, -0.2) is 0 Å². The molecular weight excluding hydrogens is 434 g/mol. The monoisotopic (exact) mass is 455 g/mol. The fourth-order valence-electron chi connectivity index (χ4n) is 2.22. The zero-order chi connectivity index (χ0) is 20.1. The highest BCUT2D eigenvalue weighted by atomic mass is 79.9. The fraction of sp³-hybridized carbons (Fsp3) is 0.421. The summed E-state index contributed by atoms with van der Waals surface area (Å²) in [5.74, 6) is -0.393. The first-order chi connectivity index (χ1) is 12.7. The van der Waals surface area contributed by atoms with Crippen LogP contribution in [0.25, 0.3) is 6.08 Å². The van der Waals surface area contributed by atoms with Crippen molar-refractivity contribution in [3.63, 3.8) is 0 Å². The first-order valence-corrected chi connectivity index (χ1v) is 10.2. The molecule has 2 amide bonds. The van der Waals surface area contributed by atoms with Crippen LogP contribution in [0.3, 0.4) is 0 Å². The summed E-state index contributed by atoms with van der Waals surface area (Å²) in [6, 6.07) is 5.44. The van der Waals surface area contributed by atoms with Gasteiger partial charge >= 0.3 is 5.97 Å². The Morgan fingerprint density at radius 3 is 2.59 bits per heavy atom. The number of rotatable bonds is 7. The van der Waals surface area contributed by atoms with Crippen molar-refractivity contribution in [3.8, 4) is 5.75 Å². The first kappa shape index (κ1) is 21.5. The zero-order valence-corrected chi connectivity index (χ0v) is 18.1. The molecule has 1 fully saturated rings. The first-order valence-electron chi connectivity index (χ1n) is 8.62. The molecule has 146 valence electrons.